The number of amides is 1. The minimum absolute atomic E-state index is 0.0479. The molecular weight excluding hydrogens is 435 g/mol. The fourth-order valence-corrected chi connectivity index (χ4v) is 4.80. The summed E-state index contributed by atoms with van der Waals surface area (Å²) < 4.78 is 51.2. The van der Waals surface area contributed by atoms with Gasteiger partial charge in [0.2, 0.25) is 0 Å². The van der Waals surface area contributed by atoms with Crippen LogP contribution in [0.3, 0.4) is 0 Å². The third kappa shape index (κ3) is 6.72. The summed E-state index contributed by atoms with van der Waals surface area (Å²) in [7, 11) is 0. The summed E-state index contributed by atoms with van der Waals surface area (Å²) in [6, 6.07) is 4.25. The van der Waals surface area contributed by atoms with Gasteiger partial charge in [-0.1, -0.05) is 5.16 Å². The van der Waals surface area contributed by atoms with Crippen LogP contribution in [0.1, 0.15) is 48.5 Å². The van der Waals surface area contributed by atoms with Crippen molar-refractivity contribution in [2.45, 2.75) is 45.1 Å². The third-order valence-electron chi connectivity index (χ3n) is 6.60. The summed E-state index contributed by atoms with van der Waals surface area (Å²) in [4.78, 5) is 14.0. The zero-order valence-electron chi connectivity index (χ0n) is 18.7. The maximum atomic E-state index is 14.4. The van der Waals surface area contributed by atoms with E-state index in [1.165, 1.54) is 24.6 Å². The molecule has 2 aliphatic rings. The average molecular weight is 466 g/mol. The molecule has 2 heterocycles. The summed E-state index contributed by atoms with van der Waals surface area (Å²) >= 11 is 0. The van der Waals surface area contributed by atoms with Gasteiger partial charge in [-0.05, 0) is 68.7 Å². The molecule has 1 aromatic heterocycles. The Labute approximate surface area is 191 Å². The second-order valence-electron chi connectivity index (χ2n) is 9.34. The van der Waals surface area contributed by atoms with E-state index < -0.39 is 17.6 Å². The Morgan fingerprint density at radius 1 is 1.33 bits per heavy atom. The summed E-state index contributed by atoms with van der Waals surface area (Å²) in [5.74, 6) is -1.56. The summed E-state index contributed by atoms with van der Waals surface area (Å²) in [5.41, 5.74) is 0.642. The zero-order chi connectivity index (χ0) is 23.4. The van der Waals surface area contributed by atoms with Gasteiger partial charge in [-0.3, -0.25) is 9.69 Å². The van der Waals surface area contributed by atoms with Gasteiger partial charge < -0.3 is 14.6 Å². The van der Waals surface area contributed by atoms with Crippen LogP contribution in [0.15, 0.2) is 35.2 Å². The standard InChI is InChI=1S/C24H30F3N3O3/c1-24(26,27)15-30-7-4-17(5-8-30)21-10-18(21)6-9-32-19-2-3-20(22(25)11-19)23(31)28-12-16-13-29-33-14-16/h2-3,11,13-14,17-18,21H,4-10,12,15H2,1H3,(H,28,31)/t18-,21-/m1/s1. The van der Waals surface area contributed by atoms with Crippen LogP contribution in [0.2, 0.25) is 0 Å². The number of alkyl halides is 2. The summed E-state index contributed by atoms with van der Waals surface area (Å²) in [5, 5.41) is 6.17. The van der Waals surface area contributed by atoms with Crippen LogP contribution in [0.4, 0.5) is 13.2 Å². The van der Waals surface area contributed by atoms with Crippen LogP contribution in [0.25, 0.3) is 0 Å². The average Bonchev–Trinajstić information content (AvgIpc) is 3.33. The number of nitrogens with one attached hydrogen (secondary N) is 1. The van der Waals surface area contributed by atoms with Gasteiger partial charge in [-0.15, -0.1) is 0 Å². The van der Waals surface area contributed by atoms with Gasteiger partial charge in [-0.2, -0.15) is 0 Å². The monoisotopic (exact) mass is 465 g/mol. The van der Waals surface area contributed by atoms with E-state index >= 15 is 0 Å². The minimum atomic E-state index is -2.63. The molecular formula is C24H30F3N3O3. The molecule has 4 rings (SSSR count). The minimum Gasteiger partial charge on any atom is -0.493 e. The highest BCUT2D eigenvalue weighted by Gasteiger charge is 2.43. The normalized spacial score (nSPS) is 21.7. The number of piperidine rings is 1. The molecule has 6 nitrogen and oxygen atoms in total. The number of carbonyl (C=O) groups is 1. The molecule has 1 aliphatic heterocycles. The van der Waals surface area contributed by atoms with Gasteiger partial charge in [0.15, 0.2) is 0 Å². The number of hydrogen-bond acceptors (Lipinski definition) is 5. The van der Waals surface area contributed by atoms with Crippen LogP contribution in [-0.4, -0.2) is 48.1 Å². The fraction of sp³-hybridized carbons (Fsp3) is 0.583. The number of ether oxygens (including phenoxy) is 1. The smallest absolute Gasteiger partial charge is 0.257 e. The van der Waals surface area contributed by atoms with Crippen LogP contribution >= 0.6 is 0 Å². The summed E-state index contributed by atoms with van der Waals surface area (Å²) in [6.07, 6.45) is 6.88. The van der Waals surface area contributed by atoms with Crippen LogP contribution in [0, 0.1) is 23.6 Å². The molecule has 1 saturated heterocycles. The lowest BCUT2D eigenvalue weighted by molar-refractivity contribution is -0.0232. The van der Waals surface area contributed by atoms with Crippen molar-refractivity contribution in [1.29, 1.82) is 0 Å². The number of halogens is 3. The number of likely N-dealkylation sites (tertiary alicyclic amines) is 1. The molecule has 2 atom stereocenters. The highest BCUT2D eigenvalue weighted by atomic mass is 19.3. The van der Waals surface area contributed by atoms with E-state index in [1.54, 1.807) is 6.07 Å². The molecule has 180 valence electrons. The van der Waals surface area contributed by atoms with Gasteiger partial charge in [0, 0.05) is 25.1 Å². The van der Waals surface area contributed by atoms with Crippen molar-refractivity contribution in [1.82, 2.24) is 15.4 Å². The maximum Gasteiger partial charge on any atom is 0.257 e. The molecule has 33 heavy (non-hydrogen) atoms. The van der Waals surface area contributed by atoms with E-state index in [9.17, 15) is 18.0 Å². The topological polar surface area (TPSA) is 67.6 Å². The van der Waals surface area contributed by atoms with E-state index in [4.69, 9.17) is 9.26 Å². The number of rotatable bonds is 10. The predicted octanol–water partition coefficient (Wildman–Crippen LogP) is 4.52. The van der Waals surface area contributed by atoms with Gasteiger partial charge in [0.25, 0.3) is 11.8 Å². The first kappa shape index (κ1) is 23.6. The van der Waals surface area contributed by atoms with Gasteiger partial charge >= 0.3 is 0 Å². The lowest BCUT2D eigenvalue weighted by Gasteiger charge is -2.33. The van der Waals surface area contributed by atoms with Gasteiger partial charge in [0.1, 0.15) is 17.8 Å². The van der Waals surface area contributed by atoms with E-state index in [0.29, 0.717) is 35.7 Å². The van der Waals surface area contributed by atoms with Crippen LogP contribution in [0.5, 0.6) is 5.75 Å². The van der Waals surface area contributed by atoms with Crippen molar-refractivity contribution in [3.63, 3.8) is 0 Å². The number of benzene rings is 1. The Kier molecular flexibility index (Phi) is 7.26. The van der Waals surface area contributed by atoms with Crippen LogP contribution in [-0.2, 0) is 6.54 Å². The Balaban J connectivity index is 1.16. The van der Waals surface area contributed by atoms with Gasteiger partial charge in [0.05, 0.1) is 24.9 Å². The first-order valence-electron chi connectivity index (χ1n) is 11.5. The lowest BCUT2D eigenvalue weighted by atomic mass is 9.90. The molecule has 1 N–H and O–H groups in total. The quantitative estimate of drug-likeness (QED) is 0.559. The van der Waals surface area contributed by atoms with E-state index in [0.717, 1.165) is 45.7 Å². The molecule has 0 unspecified atom stereocenters. The van der Waals surface area contributed by atoms with Crippen molar-refractivity contribution < 1.29 is 27.2 Å². The lowest BCUT2D eigenvalue weighted by Crippen LogP contribution is -2.41. The zero-order valence-corrected chi connectivity index (χ0v) is 18.7. The molecule has 0 spiro atoms. The Morgan fingerprint density at radius 3 is 2.79 bits per heavy atom. The molecule has 1 aliphatic carbocycles. The van der Waals surface area contributed by atoms with Crippen LogP contribution < -0.4 is 10.1 Å². The van der Waals surface area contributed by atoms with E-state index in [2.05, 4.69) is 10.5 Å². The Morgan fingerprint density at radius 2 is 2.12 bits per heavy atom. The number of carbonyl (C=O) groups excluding carboxylic acids is 1. The Bertz CT molecular complexity index is 925. The van der Waals surface area contributed by atoms with Gasteiger partial charge in [-0.25, -0.2) is 13.2 Å². The molecule has 1 saturated carbocycles. The highest BCUT2D eigenvalue weighted by Crippen LogP contribution is 2.49. The van der Waals surface area contributed by atoms with Crippen molar-refractivity contribution in [2.75, 3.05) is 26.2 Å². The first-order valence-corrected chi connectivity index (χ1v) is 11.5. The molecule has 2 aromatic rings. The maximum absolute atomic E-state index is 14.4. The second kappa shape index (κ2) is 10.2. The van der Waals surface area contributed by atoms with E-state index in [1.807, 2.05) is 4.90 Å². The largest absolute Gasteiger partial charge is 0.493 e. The number of aromatic nitrogens is 1. The third-order valence-corrected chi connectivity index (χ3v) is 6.60. The SMILES string of the molecule is CC(F)(F)CN1CCC([C@H]2C[C@H]2CCOc2ccc(C(=O)NCc3cnoc3)c(F)c2)CC1. The fourth-order valence-electron chi connectivity index (χ4n) is 4.80. The first-order chi connectivity index (χ1) is 15.8. The number of nitrogens with zero attached hydrogens (tertiary/aromatic N) is 2. The molecule has 9 heteroatoms. The Hall–Kier alpha value is -2.55. The molecule has 1 amide bonds. The second-order valence-corrected chi connectivity index (χ2v) is 9.34. The molecule has 0 radical (unpaired) electrons. The van der Waals surface area contributed by atoms with Crippen molar-refractivity contribution in [3.05, 3.63) is 47.6 Å². The molecule has 0 bridgehead atoms. The number of hydrogen-bond donors (Lipinski definition) is 1. The van der Waals surface area contributed by atoms with Crippen molar-refractivity contribution in [3.8, 4) is 5.75 Å². The van der Waals surface area contributed by atoms with Crippen molar-refractivity contribution in [2.24, 2.45) is 17.8 Å². The van der Waals surface area contributed by atoms with E-state index in [-0.39, 0.29) is 18.7 Å². The molecule has 2 fully saturated rings. The molecule has 1 aromatic carbocycles. The highest BCUT2D eigenvalue weighted by molar-refractivity contribution is 5.94. The predicted molar refractivity (Wildman–Crippen MR) is 116 cm³/mol. The summed E-state index contributed by atoms with van der Waals surface area (Å²) in [6.45, 7) is 3.00. The van der Waals surface area contributed by atoms with Crippen molar-refractivity contribution >= 4 is 5.91 Å².